The van der Waals surface area contributed by atoms with Crippen molar-refractivity contribution in [3.05, 3.63) is 29.8 Å². The molecule has 104 valence electrons. The monoisotopic (exact) mass is 282 g/mol. The number of urea groups is 1. The number of aliphatic carboxylic acids is 1. The third-order valence-electron chi connectivity index (χ3n) is 2.42. The molecule has 1 rings (SSSR count). The molecular formula is C13H18N2O3S. The minimum atomic E-state index is -0.922. The molecule has 0 spiro atoms. The number of thioether (sulfide) groups is 1. The number of nitrogens with one attached hydrogen (secondary N) is 2. The highest BCUT2D eigenvalue weighted by atomic mass is 32.2. The second-order valence-corrected chi connectivity index (χ2v) is 4.94. The van der Waals surface area contributed by atoms with Gasteiger partial charge in [-0.2, -0.15) is 11.8 Å². The Kier molecular flexibility index (Phi) is 6.81. The van der Waals surface area contributed by atoms with E-state index in [1.165, 1.54) is 0 Å². The summed E-state index contributed by atoms with van der Waals surface area (Å²) in [6, 6.07) is 6.59. The molecule has 0 aliphatic carbocycles. The van der Waals surface area contributed by atoms with Crippen LogP contribution in [0.5, 0.6) is 0 Å². The van der Waals surface area contributed by atoms with Crippen LogP contribution in [0.2, 0.25) is 0 Å². The van der Waals surface area contributed by atoms with E-state index in [1.807, 2.05) is 6.26 Å². The van der Waals surface area contributed by atoms with Crippen LogP contribution in [0.25, 0.3) is 0 Å². The van der Waals surface area contributed by atoms with Gasteiger partial charge in [-0.3, -0.25) is 4.79 Å². The first kappa shape index (κ1) is 15.4. The predicted molar refractivity (Wildman–Crippen MR) is 77.8 cm³/mol. The highest BCUT2D eigenvalue weighted by Crippen LogP contribution is 2.15. The van der Waals surface area contributed by atoms with Crippen LogP contribution in [0.1, 0.15) is 12.0 Å². The highest BCUT2D eigenvalue weighted by Gasteiger charge is 2.08. The van der Waals surface area contributed by atoms with E-state index < -0.39 is 5.97 Å². The molecule has 0 saturated heterocycles. The van der Waals surface area contributed by atoms with Gasteiger partial charge in [-0.05, 0) is 30.1 Å². The van der Waals surface area contributed by atoms with Gasteiger partial charge in [0.1, 0.15) is 0 Å². The molecule has 5 nitrogen and oxygen atoms in total. The second-order valence-electron chi connectivity index (χ2n) is 3.95. The molecule has 0 unspecified atom stereocenters. The smallest absolute Gasteiger partial charge is 0.319 e. The largest absolute Gasteiger partial charge is 0.481 e. The average molecular weight is 282 g/mol. The van der Waals surface area contributed by atoms with Gasteiger partial charge in [0.05, 0.1) is 6.42 Å². The number of rotatable bonds is 7. The zero-order valence-corrected chi connectivity index (χ0v) is 11.6. The lowest BCUT2D eigenvalue weighted by atomic mass is 10.1. The number of benzene rings is 1. The summed E-state index contributed by atoms with van der Waals surface area (Å²) in [6.45, 7) is 0.605. The molecule has 2 amide bonds. The van der Waals surface area contributed by atoms with Gasteiger partial charge in [-0.15, -0.1) is 0 Å². The molecule has 1 aromatic rings. The van der Waals surface area contributed by atoms with E-state index in [0.29, 0.717) is 17.8 Å². The predicted octanol–water partition coefficient (Wildman–Crippen LogP) is 2.19. The lowest BCUT2D eigenvalue weighted by Crippen LogP contribution is -2.30. The molecule has 0 fully saturated rings. The Labute approximate surface area is 116 Å². The van der Waals surface area contributed by atoms with Crippen LogP contribution >= 0.6 is 11.8 Å². The van der Waals surface area contributed by atoms with Crippen LogP contribution in [-0.2, 0) is 11.2 Å². The zero-order chi connectivity index (χ0) is 14.1. The topological polar surface area (TPSA) is 78.4 Å². The highest BCUT2D eigenvalue weighted by molar-refractivity contribution is 7.98. The first-order valence-corrected chi connectivity index (χ1v) is 7.36. The fourth-order valence-electron chi connectivity index (χ4n) is 1.54. The van der Waals surface area contributed by atoms with E-state index in [0.717, 1.165) is 12.2 Å². The molecule has 0 aromatic heterocycles. The lowest BCUT2D eigenvalue weighted by molar-refractivity contribution is -0.136. The fraction of sp³-hybridized carbons (Fsp3) is 0.385. The van der Waals surface area contributed by atoms with Crippen molar-refractivity contribution in [1.82, 2.24) is 5.32 Å². The Hall–Kier alpha value is -1.69. The van der Waals surface area contributed by atoms with Gasteiger partial charge in [0.15, 0.2) is 0 Å². The van der Waals surface area contributed by atoms with E-state index in [1.54, 1.807) is 36.0 Å². The standard InChI is InChI=1S/C13H18N2O3S/c1-19-8-4-7-14-13(18)15-11-6-3-2-5-10(11)9-12(16)17/h2-3,5-6H,4,7-9H2,1H3,(H,16,17)(H2,14,15,18). The normalized spacial score (nSPS) is 9.95. The summed E-state index contributed by atoms with van der Waals surface area (Å²) >= 11 is 1.73. The molecule has 0 heterocycles. The zero-order valence-electron chi connectivity index (χ0n) is 10.8. The summed E-state index contributed by atoms with van der Waals surface area (Å²) in [5.74, 6) is 0.0743. The van der Waals surface area contributed by atoms with Crippen molar-refractivity contribution in [2.24, 2.45) is 0 Å². The molecule has 6 heteroatoms. The number of hydrogen-bond acceptors (Lipinski definition) is 3. The van der Waals surface area contributed by atoms with Crippen LogP contribution in [0.3, 0.4) is 0 Å². The summed E-state index contributed by atoms with van der Waals surface area (Å²) in [5.41, 5.74) is 1.13. The van der Waals surface area contributed by atoms with Crippen molar-refractivity contribution < 1.29 is 14.7 Å². The summed E-state index contributed by atoms with van der Waals surface area (Å²) in [6.07, 6.45) is 2.82. The number of para-hydroxylation sites is 1. The van der Waals surface area contributed by atoms with Crippen LogP contribution in [0.15, 0.2) is 24.3 Å². The van der Waals surface area contributed by atoms with E-state index in [9.17, 15) is 9.59 Å². The summed E-state index contributed by atoms with van der Waals surface area (Å²) in [7, 11) is 0. The maximum Gasteiger partial charge on any atom is 0.319 e. The maximum absolute atomic E-state index is 11.6. The first-order chi connectivity index (χ1) is 9.13. The summed E-state index contributed by atoms with van der Waals surface area (Å²) in [4.78, 5) is 22.4. The third-order valence-corrected chi connectivity index (χ3v) is 3.11. The van der Waals surface area contributed by atoms with Crippen molar-refractivity contribution in [3.8, 4) is 0 Å². The SMILES string of the molecule is CSCCCNC(=O)Nc1ccccc1CC(=O)O. The Balaban J connectivity index is 2.51. The van der Waals surface area contributed by atoms with E-state index >= 15 is 0 Å². The molecule has 3 N–H and O–H groups in total. The van der Waals surface area contributed by atoms with Gasteiger partial charge >= 0.3 is 12.0 Å². The summed E-state index contributed by atoms with van der Waals surface area (Å²) in [5, 5.41) is 14.2. The molecule has 0 aliphatic rings. The van der Waals surface area contributed by atoms with Crippen LogP contribution < -0.4 is 10.6 Å². The molecule has 19 heavy (non-hydrogen) atoms. The van der Waals surface area contributed by atoms with Gasteiger partial charge in [-0.25, -0.2) is 4.79 Å². The Bertz CT molecular complexity index is 438. The quantitative estimate of drug-likeness (QED) is 0.670. The van der Waals surface area contributed by atoms with Gasteiger partial charge in [-0.1, -0.05) is 18.2 Å². The van der Waals surface area contributed by atoms with E-state index in [2.05, 4.69) is 10.6 Å². The Morgan fingerprint density at radius 2 is 2.05 bits per heavy atom. The van der Waals surface area contributed by atoms with Crippen LogP contribution in [-0.4, -0.2) is 35.7 Å². The van der Waals surface area contributed by atoms with E-state index in [4.69, 9.17) is 5.11 Å². The molecule has 0 radical (unpaired) electrons. The molecule has 0 bridgehead atoms. The van der Waals surface area contributed by atoms with Crippen molar-refractivity contribution in [3.63, 3.8) is 0 Å². The molecule has 0 atom stereocenters. The molecule has 1 aromatic carbocycles. The average Bonchev–Trinajstić information content (AvgIpc) is 2.36. The molecule has 0 saturated carbocycles. The molecule has 0 aliphatic heterocycles. The first-order valence-electron chi connectivity index (χ1n) is 5.97. The number of carboxylic acids is 1. The number of hydrogen-bond donors (Lipinski definition) is 3. The second kappa shape index (κ2) is 8.42. The van der Waals surface area contributed by atoms with Crippen molar-refractivity contribution in [1.29, 1.82) is 0 Å². The Morgan fingerprint density at radius 1 is 1.32 bits per heavy atom. The van der Waals surface area contributed by atoms with Crippen molar-refractivity contribution in [2.45, 2.75) is 12.8 Å². The minimum Gasteiger partial charge on any atom is -0.481 e. The summed E-state index contributed by atoms with van der Waals surface area (Å²) < 4.78 is 0. The van der Waals surface area contributed by atoms with Gasteiger partial charge in [0.2, 0.25) is 0 Å². The van der Waals surface area contributed by atoms with Crippen molar-refractivity contribution in [2.75, 3.05) is 23.9 Å². The molecular weight excluding hydrogens is 264 g/mol. The third kappa shape index (κ3) is 6.15. The van der Waals surface area contributed by atoms with Crippen LogP contribution in [0.4, 0.5) is 10.5 Å². The van der Waals surface area contributed by atoms with Gasteiger partial charge < -0.3 is 15.7 Å². The lowest BCUT2D eigenvalue weighted by Gasteiger charge is -2.10. The number of carbonyl (C=O) groups excluding carboxylic acids is 1. The van der Waals surface area contributed by atoms with Gasteiger partial charge in [0.25, 0.3) is 0 Å². The van der Waals surface area contributed by atoms with Crippen LogP contribution in [0, 0.1) is 0 Å². The number of carbonyl (C=O) groups is 2. The number of amides is 2. The maximum atomic E-state index is 11.6. The van der Waals surface area contributed by atoms with Gasteiger partial charge in [0, 0.05) is 12.2 Å². The Morgan fingerprint density at radius 3 is 2.74 bits per heavy atom. The number of carboxylic acid groups (broad SMARTS) is 1. The van der Waals surface area contributed by atoms with E-state index in [-0.39, 0.29) is 12.5 Å². The minimum absolute atomic E-state index is 0.108. The van der Waals surface area contributed by atoms with Crippen molar-refractivity contribution >= 4 is 29.4 Å². The number of anilines is 1. The fourth-order valence-corrected chi connectivity index (χ4v) is 1.98.